The second-order valence-electron chi connectivity index (χ2n) is 7.83. The molecular weight excluding hydrogens is 421 g/mol. The van der Waals surface area contributed by atoms with Gasteiger partial charge in [-0.3, -0.25) is 9.59 Å². The lowest BCUT2D eigenvalue weighted by molar-refractivity contribution is -0.137. The summed E-state index contributed by atoms with van der Waals surface area (Å²) in [6, 6.07) is 11.3. The molecule has 0 bridgehead atoms. The number of alkyl halides is 3. The molecule has 1 aliphatic rings. The van der Waals surface area contributed by atoms with Gasteiger partial charge in [-0.2, -0.15) is 18.3 Å². The van der Waals surface area contributed by atoms with E-state index in [-0.39, 0.29) is 17.7 Å². The fourth-order valence-electron chi connectivity index (χ4n) is 3.93. The number of rotatable bonds is 6. The molecule has 1 aromatic heterocycles. The van der Waals surface area contributed by atoms with Crippen LogP contribution in [0.3, 0.4) is 0 Å². The Morgan fingerprint density at radius 2 is 1.72 bits per heavy atom. The van der Waals surface area contributed by atoms with Crippen molar-refractivity contribution in [2.24, 2.45) is 0 Å². The number of nitrogens with zero attached hydrogens (tertiary/aromatic N) is 3. The van der Waals surface area contributed by atoms with Gasteiger partial charge < -0.3 is 10.2 Å². The van der Waals surface area contributed by atoms with E-state index < -0.39 is 17.6 Å². The minimum Gasteiger partial charge on any atom is -0.346 e. The number of fused-ring (bicyclic) bond motifs is 1. The lowest BCUT2D eigenvalue weighted by Crippen LogP contribution is -2.32. The Morgan fingerprint density at radius 3 is 2.44 bits per heavy atom. The Bertz CT molecular complexity index is 1180. The van der Waals surface area contributed by atoms with Crippen LogP contribution < -0.4 is 10.9 Å². The van der Waals surface area contributed by atoms with Gasteiger partial charge >= 0.3 is 6.18 Å². The molecule has 168 valence electrons. The SMILES string of the molecule is O=C(NCc1nn(CCN2CCCC2)c(=O)c2ccccc12)c1cccc(C(F)(F)F)c1. The summed E-state index contributed by atoms with van der Waals surface area (Å²) in [5.41, 5.74) is -0.689. The predicted molar refractivity (Wildman–Crippen MR) is 114 cm³/mol. The van der Waals surface area contributed by atoms with E-state index in [1.807, 2.05) is 0 Å². The monoisotopic (exact) mass is 444 g/mol. The highest BCUT2D eigenvalue weighted by Crippen LogP contribution is 2.29. The summed E-state index contributed by atoms with van der Waals surface area (Å²) < 4.78 is 40.2. The van der Waals surface area contributed by atoms with Crippen LogP contribution in [-0.2, 0) is 19.3 Å². The number of benzene rings is 2. The van der Waals surface area contributed by atoms with E-state index in [4.69, 9.17) is 0 Å². The minimum atomic E-state index is -4.53. The van der Waals surface area contributed by atoms with Crippen LogP contribution in [0, 0.1) is 0 Å². The van der Waals surface area contributed by atoms with Gasteiger partial charge in [0.15, 0.2) is 0 Å². The molecule has 1 N–H and O–H groups in total. The van der Waals surface area contributed by atoms with Crippen LogP contribution >= 0.6 is 0 Å². The Kier molecular flexibility index (Phi) is 6.27. The number of carbonyl (C=O) groups excluding carboxylic acids is 1. The molecule has 9 heteroatoms. The second-order valence-corrected chi connectivity index (χ2v) is 7.83. The molecule has 4 rings (SSSR count). The Hall–Kier alpha value is -3.20. The van der Waals surface area contributed by atoms with Crippen molar-refractivity contribution in [3.05, 3.63) is 75.7 Å². The van der Waals surface area contributed by atoms with Crippen LogP contribution in [0.1, 0.15) is 34.5 Å². The third kappa shape index (κ3) is 4.83. The van der Waals surface area contributed by atoms with Crippen LogP contribution in [0.15, 0.2) is 53.3 Å². The quantitative estimate of drug-likeness (QED) is 0.633. The van der Waals surface area contributed by atoms with Gasteiger partial charge in [-0.25, -0.2) is 4.68 Å². The van der Waals surface area contributed by atoms with Crippen molar-refractivity contribution in [1.82, 2.24) is 20.0 Å². The molecule has 0 atom stereocenters. The van der Waals surface area contributed by atoms with E-state index in [1.165, 1.54) is 16.8 Å². The Balaban J connectivity index is 1.56. The molecule has 2 heterocycles. The molecule has 3 aromatic rings. The van der Waals surface area contributed by atoms with Gasteiger partial charge in [-0.05, 0) is 50.2 Å². The standard InChI is InChI=1S/C23H23F3N4O2/c24-23(25,26)17-7-5-6-16(14-17)21(31)27-15-20-18-8-1-2-9-19(18)22(32)30(28-20)13-12-29-10-3-4-11-29/h1-2,5-9,14H,3-4,10-13,15H2,(H,27,31). The molecule has 2 aromatic carbocycles. The Morgan fingerprint density at radius 1 is 1.00 bits per heavy atom. The molecule has 0 radical (unpaired) electrons. The van der Waals surface area contributed by atoms with Gasteiger partial charge in [-0.15, -0.1) is 0 Å². The van der Waals surface area contributed by atoms with Gasteiger partial charge in [0.2, 0.25) is 0 Å². The van der Waals surface area contributed by atoms with Gasteiger partial charge in [0.05, 0.1) is 29.7 Å². The highest BCUT2D eigenvalue weighted by Gasteiger charge is 2.30. The van der Waals surface area contributed by atoms with Crippen molar-refractivity contribution < 1.29 is 18.0 Å². The van der Waals surface area contributed by atoms with Crippen LogP contribution in [0.25, 0.3) is 10.8 Å². The normalized spacial score (nSPS) is 14.7. The fraction of sp³-hybridized carbons (Fsp3) is 0.348. The maximum Gasteiger partial charge on any atom is 0.416 e. The molecule has 0 aliphatic carbocycles. The van der Waals surface area contributed by atoms with E-state index in [2.05, 4.69) is 15.3 Å². The third-order valence-corrected chi connectivity index (χ3v) is 5.64. The Labute approximate surface area is 182 Å². The summed E-state index contributed by atoms with van der Waals surface area (Å²) in [5, 5.41) is 8.21. The first kappa shape index (κ1) is 22.0. The van der Waals surface area contributed by atoms with Gasteiger partial charge in [-0.1, -0.05) is 24.3 Å². The van der Waals surface area contributed by atoms with Gasteiger partial charge in [0, 0.05) is 17.5 Å². The van der Waals surface area contributed by atoms with Crippen molar-refractivity contribution in [1.29, 1.82) is 0 Å². The average molecular weight is 444 g/mol. The number of nitrogens with one attached hydrogen (secondary N) is 1. The molecule has 0 spiro atoms. The maximum atomic E-state index is 12.9. The molecule has 1 aliphatic heterocycles. The molecule has 0 unspecified atom stereocenters. The molecule has 6 nitrogen and oxygen atoms in total. The maximum absolute atomic E-state index is 12.9. The first-order valence-electron chi connectivity index (χ1n) is 10.5. The molecule has 32 heavy (non-hydrogen) atoms. The number of halogens is 3. The summed E-state index contributed by atoms with van der Waals surface area (Å²) in [4.78, 5) is 27.6. The summed E-state index contributed by atoms with van der Waals surface area (Å²) in [5.74, 6) is -0.642. The number of hydrogen-bond acceptors (Lipinski definition) is 4. The van der Waals surface area contributed by atoms with Crippen LogP contribution in [-0.4, -0.2) is 40.2 Å². The number of carbonyl (C=O) groups is 1. The minimum absolute atomic E-state index is 0.0143. The molecule has 1 saturated heterocycles. The smallest absolute Gasteiger partial charge is 0.346 e. The lowest BCUT2D eigenvalue weighted by Gasteiger charge is -2.16. The summed E-state index contributed by atoms with van der Waals surface area (Å²) in [6.07, 6.45) is -2.24. The first-order chi connectivity index (χ1) is 15.3. The van der Waals surface area contributed by atoms with Crippen LogP contribution in [0.4, 0.5) is 13.2 Å². The molecule has 1 fully saturated rings. The van der Waals surface area contributed by atoms with Gasteiger partial charge in [0.25, 0.3) is 11.5 Å². The van der Waals surface area contributed by atoms with E-state index in [9.17, 15) is 22.8 Å². The van der Waals surface area contributed by atoms with E-state index in [0.717, 1.165) is 38.1 Å². The number of amides is 1. The van der Waals surface area contributed by atoms with E-state index in [1.54, 1.807) is 24.3 Å². The van der Waals surface area contributed by atoms with E-state index >= 15 is 0 Å². The first-order valence-corrected chi connectivity index (χ1v) is 10.5. The van der Waals surface area contributed by atoms with Crippen LogP contribution in [0.5, 0.6) is 0 Å². The predicted octanol–water partition coefficient (Wildman–Crippen LogP) is 3.44. The zero-order valence-corrected chi connectivity index (χ0v) is 17.4. The van der Waals surface area contributed by atoms with Crippen molar-refractivity contribution in [2.75, 3.05) is 19.6 Å². The van der Waals surface area contributed by atoms with Crippen molar-refractivity contribution in [3.63, 3.8) is 0 Å². The second kappa shape index (κ2) is 9.12. The number of aromatic nitrogens is 2. The molecule has 1 amide bonds. The van der Waals surface area contributed by atoms with Gasteiger partial charge in [0.1, 0.15) is 0 Å². The van der Waals surface area contributed by atoms with Crippen molar-refractivity contribution >= 4 is 16.7 Å². The highest BCUT2D eigenvalue weighted by atomic mass is 19.4. The lowest BCUT2D eigenvalue weighted by atomic mass is 10.1. The highest BCUT2D eigenvalue weighted by molar-refractivity contribution is 5.94. The zero-order valence-electron chi connectivity index (χ0n) is 17.4. The number of likely N-dealkylation sites (tertiary alicyclic amines) is 1. The topological polar surface area (TPSA) is 67.2 Å². The largest absolute Gasteiger partial charge is 0.416 e. The fourth-order valence-corrected chi connectivity index (χ4v) is 3.93. The molecule has 0 saturated carbocycles. The zero-order chi connectivity index (χ0) is 22.7. The summed E-state index contributed by atoms with van der Waals surface area (Å²) in [7, 11) is 0. The van der Waals surface area contributed by atoms with E-state index in [0.29, 0.717) is 29.6 Å². The average Bonchev–Trinajstić information content (AvgIpc) is 3.31. The molecular formula is C23H23F3N4O2. The van der Waals surface area contributed by atoms with Crippen LogP contribution in [0.2, 0.25) is 0 Å². The third-order valence-electron chi connectivity index (χ3n) is 5.64. The number of hydrogen-bond donors (Lipinski definition) is 1. The van der Waals surface area contributed by atoms with Crippen molar-refractivity contribution in [3.8, 4) is 0 Å². The summed E-state index contributed by atoms with van der Waals surface area (Å²) in [6.45, 7) is 3.13. The summed E-state index contributed by atoms with van der Waals surface area (Å²) >= 11 is 0. The van der Waals surface area contributed by atoms with Crippen molar-refractivity contribution in [2.45, 2.75) is 32.1 Å².